The lowest BCUT2D eigenvalue weighted by Gasteiger charge is -2.33. The molecule has 3 heterocycles. The van der Waals surface area contributed by atoms with Crippen LogP contribution in [0.3, 0.4) is 0 Å². The summed E-state index contributed by atoms with van der Waals surface area (Å²) in [4.78, 5) is 32.5. The first-order valence-corrected chi connectivity index (χ1v) is 13.2. The third-order valence-electron chi connectivity index (χ3n) is 7.21. The van der Waals surface area contributed by atoms with Gasteiger partial charge in [0.2, 0.25) is 0 Å². The number of carbonyl (C=O) groups excluding carboxylic acids is 2. The molecule has 0 spiro atoms. The molecule has 1 aromatic carbocycles. The maximum atomic E-state index is 13.5. The van der Waals surface area contributed by atoms with Crippen molar-refractivity contribution in [2.24, 2.45) is 0 Å². The van der Waals surface area contributed by atoms with Gasteiger partial charge in [0.05, 0.1) is 29.4 Å². The minimum atomic E-state index is -0.221. The number of piperazine rings is 1. The van der Waals surface area contributed by atoms with Crippen molar-refractivity contribution < 1.29 is 14.3 Å². The summed E-state index contributed by atoms with van der Waals surface area (Å²) >= 11 is 1.47. The number of benzene rings is 1. The molecule has 194 valence electrons. The molecular formula is C26H34ClN5O3S. The quantitative estimate of drug-likeness (QED) is 0.502. The summed E-state index contributed by atoms with van der Waals surface area (Å²) < 4.78 is 7.66. The summed E-state index contributed by atoms with van der Waals surface area (Å²) in [5.74, 6) is 0.124. The maximum Gasteiger partial charge on any atom is 0.265 e. The van der Waals surface area contributed by atoms with Crippen LogP contribution in [0, 0.1) is 6.92 Å². The van der Waals surface area contributed by atoms with Gasteiger partial charge in [-0.2, -0.15) is 5.10 Å². The van der Waals surface area contributed by atoms with Gasteiger partial charge < -0.3 is 19.9 Å². The monoisotopic (exact) mass is 531 g/mol. The third-order valence-corrected chi connectivity index (χ3v) is 8.33. The fourth-order valence-electron chi connectivity index (χ4n) is 5.13. The van der Waals surface area contributed by atoms with Crippen LogP contribution in [0.5, 0.6) is 5.75 Å². The number of likely N-dealkylation sites (N-methyl/N-ethyl adjacent to an activating group) is 1. The van der Waals surface area contributed by atoms with E-state index >= 15 is 0 Å². The van der Waals surface area contributed by atoms with Gasteiger partial charge in [-0.1, -0.05) is 25.3 Å². The van der Waals surface area contributed by atoms with Crippen LogP contribution >= 0.6 is 23.7 Å². The summed E-state index contributed by atoms with van der Waals surface area (Å²) in [6.45, 7) is 4.94. The smallest absolute Gasteiger partial charge is 0.265 e. The van der Waals surface area contributed by atoms with Crippen LogP contribution in [0.4, 0.5) is 5.69 Å². The van der Waals surface area contributed by atoms with Crippen molar-refractivity contribution in [2.45, 2.75) is 45.1 Å². The van der Waals surface area contributed by atoms with Gasteiger partial charge in [0.15, 0.2) is 0 Å². The van der Waals surface area contributed by atoms with Crippen LogP contribution in [-0.4, -0.2) is 71.7 Å². The molecule has 2 amide bonds. The van der Waals surface area contributed by atoms with Crippen LogP contribution in [0.1, 0.15) is 63.9 Å². The predicted octanol–water partition coefficient (Wildman–Crippen LogP) is 4.98. The van der Waals surface area contributed by atoms with E-state index in [2.05, 4.69) is 21.9 Å². The SMILES string of the molecule is COc1cccc(NC(=O)c2cc3c(C)nn(C4CCCCC4)c3s2)c1C(=O)N1CCN(C)CC1.Cl. The van der Waals surface area contributed by atoms with E-state index in [-0.39, 0.29) is 24.2 Å². The van der Waals surface area contributed by atoms with Crippen molar-refractivity contribution in [3.8, 4) is 5.75 Å². The molecule has 10 heteroatoms. The largest absolute Gasteiger partial charge is 0.496 e. The highest BCUT2D eigenvalue weighted by Gasteiger charge is 2.27. The lowest BCUT2D eigenvalue weighted by atomic mass is 9.96. The first-order valence-electron chi connectivity index (χ1n) is 12.4. The third kappa shape index (κ3) is 5.10. The number of ether oxygens (including phenoxy) is 1. The van der Waals surface area contributed by atoms with Gasteiger partial charge in [0.25, 0.3) is 11.8 Å². The van der Waals surface area contributed by atoms with Crippen molar-refractivity contribution in [2.75, 3.05) is 45.7 Å². The molecule has 1 aliphatic carbocycles. The summed E-state index contributed by atoms with van der Waals surface area (Å²) in [6, 6.07) is 7.66. The average molecular weight is 532 g/mol. The van der Waals surface area contributed by atoms with Crippen LogP contribution in [0.15, 0.2) is 24.3 Å². The molecular weight excluding hydrogens is 498 g/mol. The van der Waals surface area contributed by atoms with Gasteiger partial charge in [-0.05, 0) is 45.0 Å². The molecule has 2 aromatic heterocycles. The molecule has 1 aliphatic heterocycles. The van der Waals surface area contributed by atoms with Crippen molar-refractivity contribution in [1.29, 1.82) is 0 Å². The highest BCUT2D eigenvalue weighted by molar-refractivity contribution is 7.20. The number of halogens is 1. The standard InChI is InChI=1S/C26H33N5O3S.ClH/c1-17-19-16-22(35-26(19)31(28-17)18-8-5-4-6-9-18)24(32)27-20-10-7-11-21(34-3)23(20)25(33)30-14-12-29(2)13-15-30;/h7,10-11,16,18H,4-6,8-9,12-15H2,1-3H3,(H,27,32);1H. The zero-order chi connectivity index (χ0) is 24.5. The number of nitrogens with one attached hydrogen (secondary N) is 1. The lowest BCUT2D eigenvalue weighted by molar-refractivity contribution is 0.0662. The van der Waals surface area contributed by atoms with Gasteiger partial charge in [0, 0.05) is 31.6 Å². The molecule has 1 saturated heterocycles. The van der Waals surface area contributed by atoms with E-state index in [4.69, 9.17) is 9.84 Å². The number of anilines is 1. The van der Waals surface area contributed by atoms with Crippen molar-refractivity contribution in [3.63, 3.8) is 0 Å². The topological polar surface area (TPSA) is 79.7 Å². The molecule has 0 atom stereocenters. The second-order valence-corrected chi connectivity index (χ2v) is 10.6. The Kier molecular flexibility index (Phi) is 8.22. The number of nitrogens with zero attached hydrogens (tertiary/aromatic N) is 4. The Balaban J connectivity index is 0.00000304. The molecule has 1 N–H and O–H groups in total. The molecule has 0 radical (unpaired) electrons. The minimum absolute atomic E-state index is 0. The van der Waals surface area contributed by atoms with E-state index in [1.165, 1.54) is 30.6 Å². The number of aromatic nitrogens is 2. The summed E-state index contributed by atoms with van der Waals surface area (Å²) in [5, 5.41) is 8.84. The molecule has 36 heavy (non-hydrogen) atoms. The first kappa shape index (κ1) is 26.4. The van der Waals surface area contributed by atoms with Crippen LogP contribution in [-0.2, 0) is 0 Å². The molecule has 2 fully saturated rings. The molecule has 1 saturated carbocycles. The number of carbonyl (C=O) groups is 2. The Morgan fingerprint density at radius 1 is 1.11 bits per heavy atom. The zero-order valence-corrected chi connectivity index (χ0v) is 22.7. The number of hydrogen-bond donors (Lipinski definition) is 1. The second kappa shape index (κ2) is 11.2. The fourth-order valence-corrected chi connectivity index (χ4v) is 6.26. The van der Waals surface area contributed by atoms with Gasteiger partial charge in [-0.15, -0.1) is 23.7 Å². The second-order valence-electron chi connectivity index (χ2n) is 9.58. The van der Waals surface area contributed by atoms with Crippen LogP contribution in [0.25, 0.3) is 10.2 Å². The Bertz CT molecular complexity index is 1240. The first-order chi connectivity index (χ1) is 17.0. The summed E-state index contributed by atoms with van der Waals surface area (Å²) in [7, 11) is 3.60. The van der Waals surface area contributed by atoms with E-state index in [0.29, 0.717) is 41.0 Å². The zero-order valence-electron chi connectivity index (χ0n) is 21.1. The highest BCUT2D eigenvalue weighted by atomic mass is 35.5. The summed E-state index contributed by atoms with van der Waals surface area (Å²) in [5.41, 5.74) is 1.83. The predicted molar refractivity (Wildman–Crippen MR) is 146 cm³/mol. The molecule has 0 bridgehead atoms. The van der Waals surface area contributed by atoms with E-state index < -0.39 is 0 Å². The minimum Gasteiger partial charge on any atom is -0.496 e. The summed E-state index contributed by atoms with van der Waals surface area (Å²) in [6.07, 6.45) is 6.01. The lowest BCUT2D eigenvalue weighted by Crippen LogP contribution is -2.47. The Morgan fingerprint density at radius 3 is 2.53 bits per heavy atom. The van der Waals surface area contributed by atoms with Gasteiger partial charge in [-0.25, -0.2) is 0 Å². The number of fused-ring (bicyclic) bond motifs is 1. The van der Waals surface area contributed by atoms with Crippen LogP contribution in [0.2, 0.25) is 0 Å². The van der Waals surface area contributed by atoms with Gasteiger partial charge >= 0.3 is 0 Å². The molecule has 8 nitrogen and oxygen atoms in total. The molecule has 2 aliphatic rings. The average Bonchev–Trinajstić information content (AvgIpc) is 3.45. The number of hydrogen-bond acceptors (Lipinski definition) is 6. The Morgan fingerprint density at radius 2 is 1.83 bits per heavy atom. The number of methoxy groups -OCH3 is 1. The number of aryl methyl sites for hydroxylation is 1. The normalized spacial score (nSPS) is 17.1. The number of thiophene rings is 1. The van der Waals surface area contributed by atoms with E-state index in [9.17, 15) is 9.59 Å². The molecule has 5 rings (SSSR count). The van der Waals surface area contributed by atoms with Crippen LogP contribution < -0.4 is 10.1 Å². The van der Waals surface area contributed by atoms with Gasteiger partial charge in [-0.3, -0.25) is 14.3 Å². The Hall–Kier alpha value is -2.62. The highest BCUT2D eigenvalue weighted by Crippen LogP contribution is 2.36. The number of rotatable bonds is 5. The number of amides is 2. The molecule has 0 unspecified atom stereocenters. The van der Waals surface area contributed by atoms with E-state index in [1.807, 2.05) is 17.9 Å². The maximum absolute atomic E-state index is 13.5. The Labute approximate surface area is 222 Å². The van der Waals surface area contributed by atoms with Crippen molar-refractivity contribution in [3.05, 3.63) is 40.4 Å². The van der Waals surface area contributed by atoms with Crippen molar-refractivity contribution in [1.82, 2.24) is 19.6 Å². The van der Waals surface area contributed by atoms with Crippen molar-refractivity contribution >= 4 is 51.5 Å². The van der Waals surface area contributed by atoms with Gasteiger partial charge in [0.1, 0.15) is 16.1 Å². The van der Waals surface area contributed by atoms with E-state index in [1.54, 1.807) is 25.3 Å². The molecule has 3 aromatic rings. The van der Waals surface area contributed by atoms with E-state index in [0.717, 1.165) is 41.8 Å². The fraction of sp³-hybridized carbons (Fsp3) is 0.500.